The van der Waals surface area contributed by atoms with Crippen LogP contribution in [-0.4, -0.2) is 18.6 Å². The van der Waals surface area contributed by atoms with Gasteiger partial charge in [-0.1, -0.05) is 12.0 Å². The SMILES string of the molecule is C[C@@H]1CC(=O)O[C@@H]1CN=[N+]=[N-]. The molecule has 1 aliphatic heterocycles. The van der Waals surface area contributed by atoms with Crippen molar-refractivity contribution in [1.29, 1.82) is 0 Å². The molecule has 0 aromatic rings. The Morgan fingerprint density at radius 1 is 1.91 bits per heavy atom. The molecule has 5 nitrogen and oxygen atoms in total. The minimum atomic E-state index is -0.210. The van der Waals surface area contributed by atoms with Crippen LogP contribution >= 0.6 is 0 Å². The van der Waals surface area contributed by atoms with Crippen LogP contribution in [-0.2, 0) is 9.53 Å². The van der Waals surface area contributed by atoms with Gasteiger partial charge in [-0.25, -0.2) is 0 Å². The van der Waals surface area contributed by atoms with Crippen LogP contribution in [0.25, 0.3) is 10.4 Å². The molecule has 0 amide bonds. The summed E-state index contributed by atoms with van der Waals surface area (Å²) in [6, 6.07) is 0. The highest BCUT2D eigenvalue weighted by Crippen LogP contribution is 2.21. The van der Waals surface area contributed by atoms with Crippen molar-refractivity contribution in [3.8, 4) is 0 Å². The van der Waals surface area contributed by atoms with Gasteiger partial charge in [-0.15, -0.1) is 0 Å². The molecule has 0 aliphatic carbocycles. The van der Waals surface area contributed by atoms with Crippen molar-refractivity contribution in [2.24, 2.45) is 11.0 Å². The summed E-state index contributed by atoms with van der Waals surface area (Å²) < 4.78 is 4.87. The molecule has 11 heavy (non-hydrogen) atoms. The van der Waals surface area contributed by atoms with Crippen molar-refractivity contribution in [1.82, 2.24) is 0 Å². The molecule has 1 fully saturated rings. The average Bonchev–Trinajstić information content (AvgIpc) is 2.26. The smallest absolute Gasteiger partial charge is 0.306 e. The minimum absolute atomic E-state index is 0.174. The van der Waals surface area contributed by atoms with E-state index in [9.17, 15) is 4.79 Å². The summed E-state index contributed by atoms with van der Waals surface area (Å²) in [7, 11) is 0. The standard InChI is InChI=1S/C6H9N3O2/c1-4-2-6(10)11-5(4)3-8-9-7/h4-5H,2-3H2,1H3/t4-,5-/m1/s1. The second-order valence-electron chi connectivity index (χ2n) is 2.62. The van der Waals surface area contributed by atoms with Crippen LogP contribution in [0.3, 0.4) is 0 Å². The van der Waals surface area contributed by atoms with Gasteiger partial charge in [-0.2, -0.15) is 0 Å². The lowest BCUT2D eigenvalue weighted by molar-refractivity contribution is -0.141. The third-order valence-corrected chi connectivity index (χ3v) is 1.73. The topological polar surface area (TPSA) is 75.1 Å². The van der Waals surface area contributed by atoms with Gasteiger partial charge in [0.1, 0.15) is 6.10 Å². The first-order valence-electron chi connectivity index (χ1n) is 3.44. The second-order valence-corrected chi connectivity index (χ2v) is 2.62. The first kappa shape index (κ1) is 7.88. The first-order valence-corrected chi connectivity index (χ1v) is 3.44. The highest BCUT2D eigenvalue weighted by atomic mass is 16.6. The largest absolute Gasteiger partial charge is 0.462 e. The van der Waals surface area contributed by atoms with Gasteiger partial charge in [0.2, 0.25) is 0 Å². The summed E-state index contributed by atoms with van der Waals surface area (Å²) in [6.07, 6.45) is 0.226. The zero-order valence-electron chi connectivity index (χ0n) is 6.23. The highest BCUT2D eigenvalue weighted by Gasteiger charge is 2.30. The summed E-state index contributed by atoms with van der Waals surface area (Å²) >= 11 is 0. The van der Waals surface area contributed by atoms with E-state index in [1.165, 1.54) is 0 Å². The quantitative estimate of drug-likeness (QED) is 0.260. The summed E-state index contributed by atoms with van der Waals surface area (Å²) in [5.74, 6) is -0.0244. The molecule has 0 spiro atoms. The second kappa shape index (κ2) is 3.25. The fourth-order valence-electron chi connectivity index (χ4n) is 1.06. The maximum absolute atomic E-state index is 10.7. The molecule has 2 atom stereocenters. The number of azide groups is 1. The first-order chi connectivity index (χ1) is 5.24. The molecular weight excluding hydrogens is 146 g/mol. The highest BCUT2D eigenvalue weighted by molar-refractivity contribution is 5.72. The predicted octanol–water partition coefficient (Wildman–Crippen LogP) is 1.25. The van der Waals surface area contributed by atoms with Crippen LogP contribution in [0, 0.1) is 5.92 Å². The fraction of sp³-hybridized carbons (Fsp3) is 0.833. The Morgan fingerprint density at radius 3 is 3.09 bits per heavy atom. The maximum atomic E-state index is 10.7. The molecule has 1 heterocycles. The van der Waals surface area contributed by atoms with E-state index in [4.69, 9.17) is 10.3 Å². The van der Waals surface area contributed by atoms with E-state index in [0.29, 0.717) is 6.42 Å². The lowest BCUT2D eigenvalue weighted by Gasteiger charge is -2.08. The van der Waals surface area contributed by atoms with Crippen LogP contribution < -0.4 is 0 Å². The Kier molecular flexibility index (Phi) is 2.33. The van der Waals surface area contributed by atoms with E-state index < -0.39 is 0 Å². The Hall–Kier alpha value is -1.22. The summed E-state index contributed by atoms with van der Waals surface area (Å²) in [6.45, 7) is 2.16. The van der Waals surface area contributed by atoms with E-state index in [1.54, 1.807) is 0 Å². The number of rotatable bonds is 2. The Morgan fingerprint density at radius 2 is 2.64 bits per heavy atom. The van der Waals surface area contributed by atoms with E-state index in [2.05, 4.69) is 10.0 Å². The summed E-state index contributed by atoms with van der Waals surface area (Å²) in [5, 5.41) is 3.34. The molecule has 0 unspecified atom stereocenters. The Labute approximate surface area is 64.0 Å². The Bertz CT molecular complexity index is 210. The van der Waals surface area contributed by atoms with E-state index in [1.807, 2.05) is 6.92 Å². The number of carbonyl (C=O) groups is 1. The van der Waals surface area contributed by atoms with Gasteiger partial charge in [0, 0.05) is 10.8 Å². The number of esters is 1. The molecule has 0 aromatic carbocycles. The van der Waals surface area contributed by atoms with Crippen LogP contribution in [0.15, 0.2) is 5.11 Å². The van der Waals surface area contributed by atoms with Gasteiger partial charge in [0.25, 0.3) is 0 Å². The molecule has 0 saturated carbocycles. The lowest BCUT2D eigenvalue weighted by Crippen LogP contribution is -2.16. The van der Waals surface area contributed by atoms with Crippen LogP contribution in [0.4, 0.5) is 0 Å². The molecule has 0 radical (unpaired) electrons. The molecule has 60 valence electrons. The van der Waals surface area contributed by atoms with Gasteiger partial charge in [-0.05, 0) is 5.53 Å². The summed E-state index contributed by atoms with van der Waals surface area (Å²) in [5.41, 5.74) is 8.00. The third-order valence-electron chi connectivity index (χ3n) is 1.73. The number of carbonyl (C=O) groups excluding carboxylic acids is 1. The number of cyclic esters (lactones) is 1. The fourth-order valence-corrected chi connectivity index (χ4v) is 1.06. The number of hydrogen-bond acceptors (Lipinski definition) is 3. The van der Waals surface area contributed by atoms with Crippen LogP contribution in [0.2, 0.25) is 0 Å². The number of ether oxygens (including phenoxy) is 1. The van der Waals surface area contributed by atoms with Gasteiger partial charge < -0.3 is 4.74 Å². The normalized spacial score (nSPS) is 29.4. The van der Waals surface area contributed by atoms with E-state index in [0.717, 1.165) is 0 Å². The zero-order chi connectivity index (χ0) is 8.27. The van der Waals surface area contributed by atoms with Crippen molar-refractivity contribution < 1.29 is 9.53 Å². The molecule has 0 N–H and O–H groups in total. The average molecular weight is 155 g/mol. The molecule has 1 saturated heterocycles. The molecule has 1 rings (SSSR count). The van der Waals surface area contributed by atoms with Crippen LogP contribution in [0.1, 0.15) is 13.3 Å². The molecule has 1 aliphatic rings. The molecular formula is C6H9N3O2. The Balaban J connectivity index is 2.46. The van der Waals surface area contributed by atoms with Crippen molar-refractivity contribution in [2.45, 2.75) is 19.4 Å². The van der Waals surface area contributed by atoms with Crippen molar-refractivity contribution in [2.75, 3.05) is 6.54 Å². The monoisotopic (exact) mass is 155 g/mol. The summed E-state index contributed by atoms with van der Waals surface area (Å²) in [4.78, 5) is 13.3. The van der Waals surface area contributed by atoms with Gasteiger partial charge in [0.05, 0.1) is 13.0 Å². The van der Waals surface area contributed by atoms with Gasteiger partial charge in [0.15, 0.2) is 0 Å². The minimum Gasteiger partial charge on any atom is -0.462 e. The number of nitrogens with zero attached hydrogens (tertiary/aromatic N) is 3. The lowest BCUT2D eigenvalue weighted by atomic mass is 10.0. The van der Waals surface area contributed by atoms with E-state index >= 15 is 0 Å². The van der Waals surface area contributed by atoms with Crippen molar-refractivity contribution in [3.63, 3.8) is 0 Å². The van der Waals surface area contributed by atoms with Crippen LogP contribution in [0.5, 0.6) is 0 Å². The molecule has 0 bridgehead atoms. The van der Waals surface area contributed by atoms with E-state index in [-0.39, 0.29) is 24.5 Å². The molecule has 0 aromatic heterocycles. The van der Waals surface area contributed by atoms with Crippen molar-refractivity contribution in [3.05, 3.63) is 10.4 Å². The zero-order valence-corrected chi connectivity index (χ0v) is 6.23. The predicted molar refractivity (Wildman–Crippen MR) is 37.7 cm³/mol. The van der Waals surface area contributed by atoms with Crippen molar-refractivity contribution >= 4 is 5.97 Å². The van der Waals surface area contributed by atoms with Gasteiger partial charge in [-0.3, -0.25) is 4.79 Å². The van der Waals surface area contributed by atoms with Gasteiger partial charge >= 0.3 is 5.97 Å². The number of hydrogen-bond donors (Lipinski definition) is 0. The molecule has 5 heteroatoms. The maximum Gasteiger partial charge on any atom is 0.306 e. The third kappa shape index (κ3) is 1.85.